The normalized spacial score (nSPS) is 26.1. The SMILES string of the molecule is C=CC1(NC(=O)N2CCc3ccccc3[C@@H]2Cc2ccc(F)cc2)CC(N)C1. The van der Waals surface area contributed by atoms with Crippen LogP contribution in [-0.4, -0.2) is 29.1 Å². The molecule has 1 aliphatic carbocycles. The summed E-state index contributed by atoms with van der Waals surface area (Å²) in [5.74, 6) is -0.253. The van der Waals surface area contributed by atoms with Crippen molar-refractivity contribution in [3.05, 3.63) is 83.7 Å². The number of nitrogens with two attached hydrogens (primary N) is 1. The lowest BCUT2D eigenvalue weighted by molar-refractivity contribution is 0.141. The molecule has 4 nitrogen and oxygen atoms in total. The van der Waals surface area contributed by atoms with Gasteiger partial charge in [-0.1, -0.05) is 42.5 Å². The molecule has 28 heavy (non-hydrogen) atoms. The summed E-state index contributed by atoms with van der Waals surface area (Å²) in [5.41, 5.74) is 8.97. The molecular formula is C23H26FN3O. The van der Waals surface area contributed by atoms with Crippen molar-refractivity contribution in [1.82, 2.24) is 10.2 Å². The highest BCUT2D eigenvalue weighted by Crippen LogP contribution is 2.35. The van der Waals surface area contributed by atoms with Crippen LogP contribution < -0.4 is 11.1 Å². The molecule has 2 amide bonds. The zero-order valence-corrected chi connectivity index (χ0v) is 15.9. The van der Waals surface area contributed by atoms with E-state index in [4.69, 9.17) is 5.73 Å². The Hall–Kier alpha value is -2.66. The number of fused-ring (bicyclic) bond motifs is 1. The zero-order valence-electron chi connectivity index (χ0n) is 15.9. The Labute approximate surface area is 165 Å². The lowest BCUT2D eigenvalue weighted by Crippen LogP contribution is -2.63. The fourth-order valence-electron chi connectivity index (χ4n) is 4.44. The first-order valence-corrected chi connectivity index (χ1v) is 9.80. The topological polar surface area (TPSA) is 58.4 Å². The summed E-state index contributed by atoms with van der Waals surface area (Å²) >= 11 is 0. The van der Waals surface area contributed by atoms with Gasteiger partial charge in [-0.05, 0) is 54.5 Å². The first-order chi connectivity index (χ1) is 13.5. The largest absolute Gasteiger partial charge is 0.329 e. The fourth-order valence-corrected chi connectivity index (χ4v) is 4.44. The van der Waals surface area contributed by atoms with Crippen molar-refractivity contribution in [2.24, 2.45) is 5.73 Å². The van der Waals surface area contributed by atoms with Gasteiger partial charge in [-0.3, -0.25) is 0 Å². The maximum atomic E-state index is 13.3. The molecule has 0 aromatic heterocycles. The number of urea groups is 1. The van der Waals surface area contributed by atoms with E-state index in [1.165, 1.54) is 17.7 Å². The second kappa shape index (κ2) is 7.40. The van der Waals surface area contributed by atoms with Crippen molar-refractivity contribution in [3.8, 4) is 0 Å². The lowest BCUT2D eigenvalue weighted by atomic mass is 9.73. The lowest BCUT2D eigenvalue weighted by Gasteiger charge is -2.47. The zero-order chi connectivity index (χ0) is 19.7. The van der Waals surface area contributed by atoms with Gasteiger partial charge in [-0.2, -0.15) is 0 Å². The van der Waals surface area contributed by atoms with E-state index in [1.807, 2.05) is 17.0 Å². The smallest absolute Gasteiger partial charge is 0.318 e. The van der Waals surface area contributed by atoms with Gasteiger partial charge in [0.05, 0.1) is 11.6 Å². The van der Waals surface area contributed by atoms with Crippen molar-refractivity contribution in [2.45, 2.75) is 43.3 Å². The van der Waals surface area contributed by atoms with Crippen LogP contribution in [0, 0.1) is 5.82 Å². The molecule has 1 fully saturated rings. The number of carbonyl (C=O) groups is 1. The minimum absolute atomic E-state index is 0.0894. The van der Waals surface area contributed by atoms with Gasteiger partial charge in [0, 0.05) is 12.6 Å². The highest BCUT2D eigenvalue weighted by atomic mass is 19.1. The summed E-state index contributed by atoms with van der Waals surface area (Å²) in [5, 5.41) is 3.16. The average molecular weight is 379 g/mol. The summed E-state index contributed by atoms with van der Waals surface area (Å²) in [7, 11) is 0. The molecule has 146 valence electrons. The number of hydrogen-bond donors (Lipinski definition) is 2. The number of hydrogen-bond acceptors (Lipinski definition) is 2. The van der Waals surface area contributed by atoms with Crippen molar-refractivity contribution in [3.63, 3.8) is 0 Å². The van der Waals surface area contributed by atoms with E-state index in [2.05, 4.69) is 24.0 Å². The molecule has 4 rings (SSSR count). The number of amides is 2. The van der Waals surface area contributed by atoms with Crippen LogP contribution in [0.4, 0.5) is 9.18 Å². The van der Waals surface area contributed by atoms with E-state index >= 15 is 0 Å². The quantitative estimate of drug-likeness (QED) is 0.796. The van der Waals surface area contributed by atoms with E-state index in [-0.39, 0.29) is 23.9 Å². The second-order valence-corrected chi connectivity index (χ2v) is 7.95. The van der Waals surface area contributed by atoms with Gasteiger partial charge in [-0.25, -0.2) is 9.18 Å². The Bertz CT molecular complexity index is 874. The minimum Gasteiger partial charge on any atom is -0.329 e. The van der Waals surface area contributed by atoms with E-state index in [1.54, 1.807) is 18.2 Å². The second-order valence-electron chi connectivity index (χ2n) is 7.95. The van der Waals surface area contributed by atoms with Crippen LogP contribution >= 0.6 is 0 Å². The van der Waals surface area contributed by atoms with Crippen LogP contribution in [0.25, 0.3) is 0 Å². The molecule has 5 heteroatoms. The summed E-state index contributed by atoms with van der Waals surface area (Å²) in [6.45, 7) is 4.54. The van der Waals surface area contributed by atoms with Crippen LogP contribution in [-0.2, 0) is 12.8 Å². The van der Waals surface area contributed by atoms with Gasteiger partial charge >= 0.3 is 6.03 Å². The third-order valence-electron chi connectivity index (χ3n) is 6.02. The standard InChI is InChI=1S/C23H26FN3O/c1-2-23(14-19(25)15-23)26-22(28)27-12-11-17-5-3-4-6-20(17)21(27)13-16-7-9-18(24)10-8-16/h2-10,19,21H,1,11-15,25H2,(H,26,28)/t19?,21-,23?/m0/s1. The highest BCUT2D eigenvalue weighted by Gasteiger charge is 2.43. The number of carbonyl (C=O) groups excluding carboxylic acids is 1. The molecule has 0 saturated heterocycles. The van der Waals surface area contributed by atoms with E-state index in [0.29, 0.717) is 13.0 Å². The molecular weight excluding hydrogens is 353 g/mol. The van der Waals surface area contributed by atoms with Crippen LogP contribution in [0.2, 0.25) is 0 Å². The number of nitrogens with zero attached hydrogens (tertiary/aromatic N) is 1. The number of benzene rings is 2. The Kier molecular flexibility index (Phi) is 4.94. The molecule has 2 aliphatic rings. The molecule has 0 unspecified atom stereocenters. The number of halogens is 1. The van der Waals surface area contributed by atoms with Crippen molar-refractivity contribution >= 4 is 6.03 Å². The molecule has 3 N–H and O–H groups in total. The Morgan fingerprint density at radius 1 is 1.25 bits per heavy atom. The van der Waals surface area contributed by atoms with Gasteiger partial charge in [-0.15, -0.1) is 6.58 Å². The summed E-state index contributed by atoms with van der Waals surface area (Å²) in [6.07, 6.45) is 4.71. The van der Waals surface area contributed by atoms with Gasteiger partial charge in [0.2, 0.25) is 0 Å². The highest BCUT2D eigenvalue weighted by molar-refractivity contribution is 5.77. The van der Waals surface area contributed by atoms with Gasteiger partial charge in [0.15, 0.2) is 0 Å². The number of nitrogens with one attached hydrogen (secondary N) is 1. The average Bonchev–Trinajstić information content (AvgIpc) is 2.68. The molecule has 2 aromatic rings. The van der Waals surface area contributed by atoms with Crippen molar-refractivity contribution in [2.75, 3.05) is 6.54 Å². The van der Waals surface area contributed by atoms with Crippen LogP contribution in [0.5, 0.6) is 0 Å². The molecule has 1 atom stereocenters. The van der Waals surface area contributed by atoms with E-state index in [9.17, 15) is 9.18 Å². The van der Waals surface area contributed by atoms with Gasteiger partial charge in [0.1, 0.15) is 5.82 Å². The minimum atomic E-state index is -0.409. The summed E-state index contributed by atoms with van der Waals surface area (Å²) in [6, 6.07) is 14.7. The summed E-state index contributed by atoms with van der Waals surface area (Å²) in [4.78, 5) is 15.1. The Morgan fingerprint density at radius 2 is 1.96 bits per heavy atom. The predicted molar refractivity (Wildman–Crippen MR) is 108 cm³/mol. The number of rotatable bonds is 4. The van der Waals surface area contributed by atoms with Crippen molar-refractivity contribution in [1.29, 1.82) is 0 Å². The molecule has 0 bridgehead atoms. The predicted octanol–water partition coefficient (Wildman–Crippen LogP) is 3.72. The van der Waals surface area contributed by atoms with E-state index in [0.717, 1.165) is 30.4 Å². The Morgan fingerprint density at radius 3 is 2.64 bits per heavy atom. The molecule has 0 radical (unpaired) electrons. The van der Waals surface area contributed by atoms with Crippen LogP contribution in [0.3, 0.4) is 0 Å². The summed E-state index contributed by atoms with van der Waals surface area (Å²) < 4.78 is 13.3. The van der Waals surface area contributed by atoms with E-state index < -0.39 is 5.54 Å². The van der Waals surface area contributed by atoms with Crippen LogP contribution in [0.15, 0.2) is 61.2 Å². The van der Waals surface area contributed by atoms with Gasteiger partial charge in [0.25, 0.3) is 0 Å². The first kappa shape index (κ1) is 18.7. The molecule has 0 spiro atoms. The Balaban J connectivity index is 1.60. The third-order valence-corrected chi connectivity index (χ3v) is 6.02. The fraction of sp³-hybridized carbons (Fsp3) is 0.348. The molecule has 1 aliphatic heterocycles. The molecule has 1 heterocycles. The van der Waals surface area contributed by atoms with Crippen molar-refractivity contribution < 1.29 is 9.18 Å². The maximum absolute atomic E-state index is 13.3. The first-order valence-electron chi connectivity index (χ1n) is 9.80. The molecule has 1 saturated carbocycles. The molecule has 2 aromatic carbocycles. The monoisotopic (exact) mass is 379 g/mol. The van der Waals surface area contributed by atoms with Gasteiger partial charge < -0.3 is 16.0 Å². The third kappa shape index (κ3) is 3.54. The maximum Gasteiger partial charge on any atom is 0.318 e. The van der Waals surface area contributed by atoms with Crippen LogP contribution in [0.1, 0.15) is 35.6 Å².